The molecule has 0 bridgehead atoms. The van der Waals surface area contributed by atoms with Crippen molar-refractivity contribution in [1.82, 2.24) is 15.1 Å². The van der Waals surface area contributed by atoms with Crippen LogP contribution in [-0.2, 0) is 14.4 Å². The predicted molar refractivity (Wildman–Crippen MR) is 108 cm³/mol. The van der Waals surface area contributed by atoms with Crippen molar-refractivity contribution in [1.29, 1.82) is 0 Å². The average molecular weight is 400 g/mol. The number of nitrogens with zero attached hydrogens (tertiary/aromatic N) is 3. The first kappa shape index (κ1) is 20.8. The van der Waals surface area contributed by atoms with Crippen molar-refractivity contribution in [3.63, 3.8) is 0 Å². The Morgan fingerprint density at radius 2 is 1.76 bits per heavy atom. The van der Waals surface area contributed by atoms with E-state index in [4.69, 9.17) is 0 Å². The molecule has 0 radical (unpaired) electrons. The van der Waals surface area contributed by atoms with Gasteiger partial charge in [-0.05, 0) is 31.4 Å². The molecule has 8 nitrogen and oxygen atoms in total. The maximum Gasteiger partial charge on any atom is 0.334 e. The van der Waals surface area contributed by atoms with Crippen LogP contribution in [0.5, 0.6) is 0 Å². The second kappa shape index (κ2) is 9.54. The quantitative estimate of drug-likeness (QED) is 0.408. The van der Waals surface area contributed by atoms with Gasteiger partial charge in [0, 0.05) is 31.9 Å². The molecule has 1 aliphatic heterocycles. The van der Waals surface area contributed by atoms with Crippen molar-refractivity contribution < 1.29 is 19.2 Å². The van der Waals surface area contributed by atoms with E-state index in [0.717, 1.165) is 54.1 Å². The van der Waals surface area contributed by atoms with Crippen molar-refractivity contribution >= 4 is 29.4 Å². The van der Waals surface area contributed by atoms with E-state index in [2.05, 4.69) is 10.2 Å². The van der Waals surface area contributed by atoms with Gasteiger partial charge in [-0.15, -0.1) is 0 Å². The molecule has 2 aliphatic rings. The lowest BCUT2D eigenvalue weighted by Crippen LogP contribution is -2.44. The Morgan fingerprint density at radius 3 is 2.45 bits per heavy atom. The number of urea groups is 1. The minimum Gasteiger partial charge on any atom is -0.375 e. The van der Waals surface area contributed by atoms with Crippen molar-refractivity contribution in [3.8, 4) is 0 Å². The summed E-state index contributed by atoms with van der Waals surface area (Å²) in [6.45, 7) is 0.757. The number of carbonyl (C=O) groups excluding carboxylic acids is 4. The molecule has 5 amide bonds. The lowest BCUT2D eigenvalue weighted by molar-refractivity contribution is -0.144. The van der Waals surface area contributed by atoms with Gasteiger partial charge in [0.25, 0.3) is 0 Å². The Labute approximate surface area is 170 Å². The number of imide groups is 2. The molecule has 0 aromatic heterocycles. The highest BCUT2D eigenvalue weighted by Gasteiger charge is 2.48. The number of para-hydroxylation sites is 1. The molecule has 0 spiro atoms. The Hall–Kier alpha value is -2.90. The highest BCUT2D eigenvalue weighted by Crippen LogP contribution is 2.26. The lowest BCUT2D eigenvalue weighted by atomic mass is 9.94. The largest absolute Gasteiger partial charge is 0.375 e. The van der Waals surface area contributed by atoms with Crippen LogP contribution in [0.25, 0.3) is 0 Å². The number of hydrogen-bond donors (Lipinski definition) is 1. The highest BCUT2D eigenvalue weighted by molar-refractivity contribution is 6.45. The molecule has 0 unspecified atom stereocenters. The van der Waals surface area contributed by atoms with Crippen LogP contribution in [0.15, 0.2) is 30.3 Å². The molecule has 1 heterocycles. The second-order valence-corrected chi connectivity index (χ2v) is 7.60. The summed E-state index contributed by atoms with van der Waals surface area (Å²) < 4.78 is 0. The normalized spacial score (nSPS) is 17.8. The molecular weight excluding hydrogens is 372 g/mol. The van der Waals surface area contributed by atoms with Gasteiger partial charge in [-0.3, -0.25) is 19.3 Å². The van der Waals surface area contributed by atoms with Crippen LogP contribution >= 0.6 is 0 Å². The maximum atomic E-state index is 12.6. The number of nitrogens with one attached hydrogen (secondary N) is 1. The number of anilines is 1. The molecule has 1 saturated carbocycles. The van der Waals surface area contributed by atoms with Crippen LogP contribution in [0.2, 0.25) is 0 Å². The van der Waals surface area contributed by atoms with Crippen LogP contribution < -0.4 is 10.2 Å². The summed E-state index contributed by atoms with van der Waals surface area (Å²) in [5.41, 5.74) is 1.09. The Bertz CT molecular complexity index is 761. The van der Waals surface area contributed by atoms with Crippen LogP contribution in [0, 0.1) is 0 Å². The fourth-order valence-corrected chi connectivity index (χ4v) is 3.88. The zero-order valence-corrected chi connectivity index (χ0v) is 16.8. The lowest BCUT2D eigenvalue weighted by Gasteiger charge is -2.28. The topological polar surface area (TPSA) is 90.0 Å². The van der Waals surface area contributed by atoms with Gasteiger partial charge >= 0.3 is 17.8 Å². The van der Waals surface area contributed by atoms with Gasteiger partial charge in [0.05, 0.1) is 0 Å². The first-order valence-electron chi connectivity index (χ1n) is 10.2. The summed E-state index contributed by atoms with van der Waals surface area (Å²) in [5, 5.41) is 2.73. The summed E-state index contributed by atoms with van der Waals surface area (Å²) in [6, 6.07) is 9.03. The van der Waals surface area contributed by atoms with Crippen LogP contribution in [0.3, 0.4) is 0 Å². The minimum atomic E-state index is -0.903. The second-order valence-electron chi connectivity index (χ2n) is 7.60. The monoisotopic (exact) mass is 400 g/mol. The summed E-state index contributed by atoms with van der Waals surface area (Å²) in [7, 11) is 1.98. The SMILES string of the molecule is CN(CCCNC(=O)CN1C(=O)C(=O)N(C2CCCCC2)C1=O)c1ccccc1. The number of benzene rings is 1. The zero-order chi connectivity index (χ0) is 20.8. The number of carbonyl (C=O) groups is 4. The first-order valence-corrected chi connectivity index (χ1v) is 10.2. The van der Waals surface area contributed by atoms with Crippen molar-refractivity contribution in [2.45, 2.75) is 44.6 Å². The summed E-state index contributed by atoms with van der Waals surface area (Å²) >= 11 is 0. The fraction of sp³-hybridized carbons (Fsp3) is 0.524. The highest BCUT2D eigenvalue weighted by atomic mass is 16.2. The number of amides is 5. The van der Waals surface area contributed by atoms with Crippen molar-refractivity contribution in [2.24, 2.45) is 0 Å². The van der Waals surface area contributed by atoms with E-state index in [1.165, 1.54) is 0 Å². The summed E-state index contributed by atoms with van der Waals surface area (Å²) in [5.74, 6) is -2.15. The molecule has 0 atom stereocenters. The predicted octanol–water partition coefficient (Wildman–Crippen LogP) is 1.75. The molecule has 29 heavy (non-hydrogen) atoms. The van der Waals surface area contributed by atoms with E-state index >= 15 is 0 Å². The Balaban J connectivity index is 1.44. The molecule has 3 rings (SSSR count). The summed E-state index contributed by atoms with van der Waals surface area (Å²) in [6.07, 6.45) is 5.11. The van der Waals surface area contributed by atoms with E-state index in [9.17, 15) is 19.2 Å². The Kier molecular flexibility index (Phi) is 6.85. The molecule has 156 valence electrons. The Morgan fingerprint density at radius 1 is 1.07 bits per heavy atom. The van der Waals surface area contributed by atoms with Crippen molar-refractivity contribution in [3.05, 3.63) is 30.3 Å². The van der Waals surface area contributed by atoms with E-state index in [-0.39, 0.29) is 6.04 Å². The van der Waals surface area contributed by atoms with Crippen LogP contribution in [0.4, 0.5) is 10.5 Å². The molecular formula is C21H28N4O4. The smallest absolute Gasteiger partial charge is 0.334 e. The van der Waals surface area contributed by atoms with Gasteiger partial charge in [0.15, 0.2) is 0 Å². The molecule has 1 aliphatic carbocycles. The molecule has 1 aromatic rings. The molecule has 8 heteroatoms. The third-order valence-corrected chi connectivity index (χ3v) is 5.51. The zero-order valence-electron chi connectivity index (χ0n) is 16.8. The van der Waals surface area contributed by atoms with E-state index < -0.39 is 30.3 Å². The van der Waals surface area contributed by atoms with Crippen molar-refractivity contribution in [2.75, 3.05) is 31.6 Å². The summed E-state index contributed by atoms with van der Waals surface area (Å²) in [4.78, 5) is 53.1. The molecule has 1 aromatic carbocycles. The van der Waals surface area contributed by atoms with Crippen LogP contribution in [-0.4, -0.2) is 66.3 Å². The molecule has 1 saturated heterocycles. The van der Waals surface area contributed by atoms with Crippen LogP contribution in [0.1, 0.15) is 38.5 Å². The van der Waals surface area contributed by atoms with Gasteiger partial charge in [0.2, 0.25) is 5.91 Å². The standard InChI is InChI=1S/C21H28N4O4/c1-23(16-9-4-2-5-10-16)14-8-13-22-18(26)15-24-19(27)20(28)25(21(24)29)17-11-6-3-7-12-17/h2,4-5,9-10,17H,3,6-8,11-15H2,1H3,(H,22,26). The first-order chi connectivity index (χ1) is 14.0. The van der Waals surface area contributed by atoms with Gasteiger partial charge < -0.3 is 10.2 Å². The van der Waals surface area contributed by atoms with E-state index in [1.54, 1.807) is 0 Å². The maximum absolute atomic E-state index is 12.6. The van der Waals surface area contributed by atoms with Gasteiger partial charge in [0.1, 0.15) is 6.54 Å². The van der Waals surface area contributed by atoms with Gasteiger partial charge in [-0.25, -0.2) is 9.69 Å². The average Bonchev–Trinajstić information content (AvgIpc) is 2.95. The van der Waals surface area contributed by atoms with E-state index in [0.29, 0.717) is 13.0 Å². The number of rotatable bonds is 8. The fourth-order valence-electron chi connectivity index (χ4n) is 3.88. The van der Waals surface area contributed by atoms with Gasteiger partial charge in [-0.2, -0.15) is 0 Å². The number of hydrogen-bond acceptors (Lipinski definition) is 5. The minimum absolute atomic E-state index is 0.228. The third kappa shape index (κ3) is 4.93. The van der Waals surface area contributed by atoms with Gasteiger partial charge in [-0.1, -0.05) is 37.5 Å². The molecule has 2 fully saturated rings. The molecule has 1 N–H and O–H groups in total. The van der Waals surface area contributed by atoms with E-state index in [1.807, 2.05) is 37.4 Å². The third-order valence-electron chi connectivity index (χ3n) is 5.51.